The molecule has 2 N–H and O–H groups in total. The second kappa shape index (κ2) is 8.71. The van der Waals surface area contributed by atoms with Crippen molar-refractivity contribution in [1.82, 2.24) is 15.0 Å². The molecule has 166 valence electrons. The first-order chi connectivity index (χ1) is 15.3. The van der Waals surface area contributed by atoms with E-state index in [1.807, 2.05) is 6.07 Å². The number of methoxy groups -OCH3 is 1. The number of hydrogen-bond acceptors (Lipinski definition) is 5. The summed E-state index contributed by atoms with van der Waals surface area (Å²) < 4.78 is 62.1. The van der Waals surface area contributed by atoms with Gasteiger partial charge in [0.15, 0.2) is 10.7 Å². The van der Waals surface area contributed by atoms with Crippen molar-refractivity contribution in [3.63, 3.8) is 0 Å². The van der Waals surface area contributed by atoms with Gasteiger partial charge in [-0.25, -0.2) is 22.2 Å². The lowest BCUT2D eigenvalue weighted by Gasteiger charge is -2.14. The molecule has 0 saturated carbocycles. The predicted octanol–water partition coefficient (Wildman–Crippen LogP) is 4.48. The van der Waals surface area contributed by atoms with Gasteiger partial charge in [0.2, 0.25) is 5.88 Å². The number of ether oxygens (including phenoxy) is 1. The molecule has 0 aliphatic carbocycles. The van der Waals surface area contributed by atoms with Crippen molar-refractivity contribution in [3.05, 3.63) is 76.7 Å². The highest BCUT2D eigenvalue weighted by molar-refractivity contribution is 7.92. The lowest BCUT2D eigenvalue weighted by molar-refractivity contribution is 0.385. The van der Waals surface area contributed by atoms with Crippen LogP contribution in [-0.2, 0) is 22.9 Å². The highest BCUT2D eigenvalue weighted by atomic mass is 35.5. The molecule has 0 unspecified atom stereocenters. The molecule has 0 fully saturated rings. The van der Waals surface area contributed by atoms with Crippen LogP contribution in [0.3, 0.4) is 0 Å². The van der Waals surface area contributed by atoms with Gasteiger partial charge in [-0.05, 0) is 49.2 Å². The van der Waals surface area contributed by atoms with E-state index in [1.54, 1.807) is 18.3 Å². The Hall–Kier alpha value is -3.24. The fraction of sp³-hybridized carbons (Fsp3) is 0.143. The highest BCUT2D eigenvalue weighted by Crippen LogP contribution is 2.29. The molecule has 0 bridgehead atoms. The summed E-state index contributed by atoms with van der Waals surface area (Å²) in [6.07, 6.45) is 3.21. The van der Waals surface area contributed by atoms with Crippen LogP contribution in [0.1, 0.15) is 11.3 Å². The van der Waals surface area contributed by atoms with E-state index in [2.05, 4.69) is 19.7 Å². The molecular formula is C21H17ClF2N4O3S. The summed E-state index contributed by atoms with van der Waals surface area (Å²) in [5.41, 5.74) is 1.59. The third-order valence-electron chi connectivity index (χ3n) is 4.79. The van der Waals surface area contributed by atoms with E-state index in [0.717, 1.165) is 29.2 Å². The van der Waals surface area contributed by atoms with E-state index in [9.17, 15) is 12.8 Å². The van der Waals surface area contributed by atoms with Gasteiger partial charge in [0.05, 0.1) is 28.9 Å². The fourth-order valence-corrected chi connectivity index (χ4v) is 4.66. The van der Waals surface area contributed by atoms with Gasteiger partial charge in [0.25, 0.3) is 10.0 Å². The second-order valence-corrected chi connectivity index (χ2v) is 8.95. The molecule has 0 amide bonds. The van der Waals surface area contributed by atoms with Crippen molar-refractivity contribution in [3.8, 4) is 5.88 Å². The molecule has 1 aromatic carbocycles. The number of rotatable bonds is 7. The Morgan fingerprint density at radius 1 is 1.16 bits per heavy atom. The highest BCUT2D eigenvalue weighted by Gasteiger charge is 2.24. The van der Waals surface area contributed by atoms with E-state index in [4.69, 9.17) is 16.3 Å². The summed E-state index contributed by atoms with van der Waals surface area (Å²) in [7, 11) is -3.08. The van der Waals surface area contributed by atoms with E-state index < -0.39 is 27.3 Å². The summed E-state index contributed by atoms with van der Waals surface area (Å²) in [4.78, 5) is 10.9. The Morgan fingerprint density at radius 2 is 1.97 bits per heavy atom. The summed E-state index contributed by atoms with van der Waals surface area (Å²) in [5.74, 6) is -2.00. The number of nitrogens with one attached hydrogen (secondary N) is 2. The van der Waals surface area contributed by atoms with Crippen molar-refractivity contribution >= 4 is 38.3 Å². The Morgan fingerprint density at radius 3 is 2.75 bits per heavy atom. The summed E-state index contributed by atoms with van der Waals surface area (Å²) in [6.45, 7) is 0. The van der Waals surface area contributed by atoms with E-state index in [-0.39, 0.29) is 34.2 Å². The zero-order valence-corrected chi connectivity index (χ0v) is 18.3. The van der Waals surface area contributed by atoms with Crippen molar-refractivity contribution in [2.75, 3.05) is 11.8 Å². The molecule has 0 radical (unpaired) electrons. The molecular weight excluding hydrogens is 462 g/mol. The number of fused-ring (bicyclic) bond motifs is 1. The van der Waals surface area contributed by atoms with Crippen LogP contribution in [0.15, 0.2) is 53.7 Å². The first-order valence-electron chi connectivity index (χ1n) is 9.41. The molecule has 0 spiro atoms. The van der Waals surface area contributed by atoms with E-state index >= 15 is 4.39 Å². The van der Waals surface area contributed by atoms with Crippen LogP contribution in [0.25, 0.3) is 11.0 Å². The Kier molecular flexibility index (Phi) is 5.98. The Balaban J connectivity index is 1.61. The minimum atomic E-state index is -4.32. The van der Waals surface area contributed by atoms with Crippen LogP contribution < -0.4 is 9.46 Å². The fourth-order valence-electron chi connectivity index (χ4n) is 3.23. The van der Waals surface area contributed by atoms with Crippen LogP contribution in [-0.4, -0.2) is 30.5 Å². The van der Waals surface area contributed by atoms with Crippen molar-refractivity contribution in [2.45, 2.75) is 17.7 Å². The number of benzene rings is 1. The third-order valence-corrected chi connectivity index (χ3v) is 6.36. The number of hydrogen-bond donors (Lipinski definition) is 2. The van der Waals surface area contributed by atoms with Gasteiger partial charge in [-0.3, -0.25) is 9.71 Å². The first kappa shape index (κ1) is 22.0. The molecule has 0 aliphatic heterocycles. The number of aromatic nitrogens is 3. The van der Waals surface area contributed by atoms with Crippen LogP contribution in [0.5, 0.6) is 5.88 Å². The van der Waals surface area contributed by atoms with Gasteiger partial charge in [-0.2, -0.15) is 0 Å². The third kappa shape index (κ3) is 4.37. The predicted molar refractivity (Wildman–Crippen MR) is 116 cm³/mol. The van der Waals surface area contributed by atoms with Crippen LogP contribution in [0, 0.1) is 11.6 Å². The zero-order valence-electron chi connectivity index (χ0n) is 16.7. The minimum Gasteiger partial charge on any atom is -0.480 e. The quantitative estimate of drug-likeness (QED) is 0.408. The molecule has 4 aromatic rings. The topological polar surface area (TPSA) is 97.0 Å². The lowest BCUT2D eigenvalue weighted by atomic mass is 10.1. The van der Waals surface area contributed by atoms with Gasteiger partial charge in [-0.15, -0.1) is 0 Å². The smallest absolute Gasteiger partial charge is 0.267 e. The normalized spacial score (nSPS) is 11.6. The van der Waals surface area contributed by atoms with Gasteiger partial charge in [0.1, 0.15) is 5.82 Å². The van der Waals surface area contributed by atoms with Crippen molar-refractivity contribution in [1.29, 1.82) is 0 Å². The second-order valence-electron chi connectivity index (χ2n) is 6.87. The lowest BCUT2D eigenvalue weighted by Crippen LogP contribution is -2.16. The SMILES string of the molecule is COc1ncc(Cl)cc1S(=O)(=O)Nc1ccc(F)c(CCc2ccc3[nH]ccc3n2)c1F. The maximum absolute atomic E-state index is 15.1. The first-order valence-corrected chi connectivity index (χ1v) is 11.3. The number of halogens is 3. The van der Waals surface area contributed by atoms with Crippen LogP contribution >= 0.6 is 11.6 Å². The van der Waals surface area contributed by atoms with Crippen LogP contribution in [0.2, 0.25) is 5.02 Å². The number of pyridine rings is 2. The molecule has 32 heavy (non-hydrogen) atoms. The van der Waals surface area contributed by atoms with Gasteiger partial charge < -0.3 is 9.72 Å². The van der Waals surface area contributed by atoms with Gasteiger partial charge >= 0.3 is 0 Å². The molecule has 3 aromatic heterocycles. The number of anilines is 1. The monoisotopic (exact) mass is 478 g/mol. The maximum atomic E-state index is 15.1. The molecule has 11 heteroatoms. The largest absolute Gasteiger partial charge is 0.480 e. The standard InChI is InChI=1S/C21H17ClF2N4O3S/c1-31-21-19(10-12(22)11-26-21)32(29,30)28-18-7-5-15(23)14(20(18)24)4-2-13-3-6-16-17(27-13)8-9-25-16/h3,5-11,25,28H,2,4H2,1H3. The average molecular weight is 479 g/mol. The van der Waals surface area contributed by atoms with Gasteiger partial charge in [0, 0.05) is 23.7 Å². The summed E-state index contributed by atoms with van der Waals surface area (Å²) in [5, 5.41) is 0.0540. The van der Waals surface area contributed by atoms with Crippen molar-refractivity contribution in [2.24, 2.45) is 0 Å². The van der Waals surface area contributed by atoms with E-state index in [1.165, 1.54) is 13.3 Å². The zero-order chi connectivity index (χ0) is 22.9. The number of aryl methyl sites for hydroxylation is 1. The average Bonchev–Trinajstić information content (AvgIpc) is 3.23. The molecule has 0 saturated heterocycles. The van der Waals surface area contributed by atoms with E-state index in [0.29, 0.717) is 5.69 Å². The molecule has 0 atom stereocenters. The molecule has 0 aliphatic rings. The maximum Gasteiger partial charge on any atom is 0.267 e. The molecule has 3 heterocycles. The van der Waals surface area contributed by atoms with Crippen molar-refractivity contribution < 1.29 is 21.9 Å². The minimum absolute atomic E-state index is 0.0157. The summed E-state index contributed by atoms with van der Waals surface area (Å²) in [6, 6.07) is 8.54. The Bertz CT molecular complexity index is 1410. The Labute approximate surface area is 187 Å². The molecule has 7 nitrogen and oxygen atoms in total. The number of sulfonamides is 1. The number of aromatic amines is 1. The number of H-pyrrole nitrogens is 1. The summed E-state index contributed by atoms with van der Waals surface area (Å²) >= 11 is 5.85. The number of nitrogens with zero attached hydrogens (tertiary/aromatic N) is 2. The van der Waals surface area contributed by atoms with Gasteiger partial charge in [-0.1, -0.05) is 11.6 Å². The van der Waals surface area contributed by atoms with Crippen LogP contribution in [0.4, 0.5) is 14.5 Å². The molecule has 4 rings (SSSR count).